The average Bonchev–Trinajstić information content (AvgIpc) is 2.34. The average molecular weight is 309 g/mol. The third kappa shape index (κ3) is 14.2. The zero-order chi connectivity index (χ0) is 15.3. The Balaban J connectivity index is 3.28. The summed E-state index contributed by atoms with van der Waals surface area (Å²) < 4.78 is 31.5. The van der Waals surface area contributed by atoms with Crippen molar-refractivity contribution in [3.05, 3.63) is 0 Å². The quantitative estimate of drug-likeness (QED) is 0.392. The van der Waals surface area contributed by atoms with E-state index in [4.69, 9.17) is 5.73 Å². The highest BCUT2D eigenvalue weighted by molar-refractivity contribution is 7.81. The summed E-state index contributed by atoms with van der Waals surface area (Å²) in [5, 5.41) is 0. The molecule has 0 radical (unpaired) electrons. The van der Waals surface area contributed by atoms with Gasteiger partial charge in [-0.3, -0.25) is 0 Å². The number of hydrogen-bond donors (Lipinski definition) is 1. The van der Waals surface area contributed by atoms with Crippen molar-refractivity contribution in [1.29, 1.82) is 0 Å². The van der Waals surface area contributed by atoms with Gasteiger partial charge in [0.05, 0.1) is 6.61 Å². The first-order chi connectivity index (χ1) is 9.48. The van der Waals surface area contributed by atoms with Gasteiger partial charge in [0, 0.05) is 0 Å². The maximum atomic E-state index is 11.2. The zero-order valence-electron chi connectivity index (χ0n) is 13.0. The monoisotopic (exact) mass is 309 g/mol. The Morgan fingerprint density at radius 3 is 1.80 bits per heavy atom. The molecule has 0 aliphatic heterocycles. The summed E-state index contributed by atoms with van der Waals surface area (Å²) in [5.41, 5.74) is 5.23. The van der Waals surface area contributed by atoms with Crippen molar-refractivity contribution in [2.24, 2.45) is 5.73 Å². The van der Waals surface area contributed by atoms with Gasteiger partial charge in [0.2, 0.25) is 0 Å². The molecule has 0 rings (SSSR count). The van der Waals surface area contributed by atoms with Gasteiger partial charge >= 0.3 is 10.4 Å². The minimum Gasteiger partial charge on any atom is -0.305 e. The molecular weight excluding hydrogens is 278 g/mol. The Kier molecular flexibility index (Phi) is 12.5. The molecule has 5 nitrogen and oxygen atoms in total. The van der Waals surface area contributed by atoms with Crippen molar-refractivity contribution in [3.63, 3.8) is 0 Å². The molecule has 0 aliphatic rings. The van der Waals surface area contributed by atoms with E-state index in [1.165, 1.54) is 51.9 Å². The summed E-state index contributed by atoms with van der Waals surface area (Å²) in [6.07, 6.45) is 11.1. The molecule has 0 aromatic rings. The molecule has 0 spiro atoms. The van der Waals surface area contributed by atoms with Crippen LogP contribution in [0.2, 0.25) is 0 Å². The van der Waals surface area contributed by atoms with E-state index in [0.29, 0.717) is 0 Å². The molecule has 122 valence electrons. The Hall–Kier alpha value is -0.170. The van der Waals surface area contributed by atoms with E-state index in [9.17, 15) is 8.42 Å². The zero-order valence-corrected chi connectivity index (χ0v) is 13.8. The lowest BCUT2D eigenvalue weighted by Crippen LogP contribution is -2.25. The molecular formula is C14H31NO4S. The number of nitrogens with two attached hydrogens (primary N) is 1. The molecule has 0 aromatic carbocycles. The van der Waals surface area contributed by atoms with E-state index >= 15 is 0 Å². The Labute approximate surface area is 124 Å². The second-order valence-corrected chi connectivity index (χ2v) is 6.46. The van der Waals surface area contributed by atoms with Gasteiger partial charge in [-0.15, -0.1) is 0 Å². The van der Waals surface area contributed by atoms with Crippen LogP contribution in [0, 0.1) is 0 Å². The molecule has 6 heteroatoms. The van der Waals surface area contributed by atoms with Crippen molar-refractivity contribution in [1.82, 2.24) is 0 Å². The molecule has 0 aliphatic carbocycles. The lowest BCUT2D eigenvalue weighted by Gasteiger charge is -2.08. The molecule has 0 aromatic heterocycles. The fraction of sp³-hybridized carbons (Fsp3) is 1.00. The minimum absolute atomic E-state index is 0.172. The summed E-state index contributed by atoms with van der Waals surface area (Å²) in [6.45, 7) is 3.84. The summed E-state index contributed by atoms with van der Waals surface area (Å²) in [6, 6.07) is 0. The first-order valence-corrected chi connectivity index (χ1v) is 9.14. The molecule has 20 heavy (non-hydrogen) atoms. The fourth-order valence-corrected chi connectivity index (χ4v) is 2.71. The van der Waals surface area contributed by atoms with Crippen LogP contribution in [-0.4, -0.2) is 21.3 Å². The van der Waals surface area contributed by atoms with Crippen LogP contribution in [0.15, 0.2) is 0 Å². The number of hydrogen-bond acceptors (Lipinski definition) is 5. The highest BCUT2D eigenvalue weighted by atomic mass is 32.3. The van der Waals surface area contributed by atoms with Gasteiger partial charge in [0.25, 0.3) is 0 Å². The molecule has 0 saturated carbocycles. The van der Waals surface area contributed by atoms with Crippen molar-refractivity contribution in [3.8, 4) is 0 Å². The predicted molar refractivity (Wildman–Crippen MR) is 81.5 cm³/mol. The fourth-order valence-electron chi connectivity index (χ4n) is 1.96. The van der Waals surface area contributed by atoms with Crippen LogP contribution < -0.4 is 5.73 Å². The molecule has 0 bridgehead atoms. The standard InChI is InChI=1S/C14H31NO4S/c1-3-4-5-6-7-8-9-10-11-12-13-18-20(16,17)19-14(2)15/h14H,3-13,15H2,1-2H3. The van der Waals surface area contributed by atoms with E-state index in [2.05, 4.69) is 15.3 Å². The van der Waals surface area contributed by atoms with Gasteiger partial charge in [0.15, 0.2) is 0 Å². The molecule has 1 atom stereocenters. The lowest BCUT2D eigenvalue weighted by atomic mass is 10.1. The number of unbranched alkanes of at least 4 members (excludes halogenated alkanes) is 9. The Morgan fingerprint density at radius 2 is 1.35 bits per heavy atom. The van der Waals surface area contributed by atoms with E-state index in [1.54, 1.807) is 0 Å². The summed E-state index contributed by atoms with van der Waals surface area (Å²) in [7, 11) is -3.92. The van der Waals surface area contributed by atoms with E-state index < -0.39 is 16.6 Å². The molecule has 0 fully saturated rings. The van der Waals surface area contributed by atoms with Crippen molar-refractivity contribution in [2.45, 2.75) is 84.3 Å². The predicted octanol–water partition coefficient (Wildman–Crippen LogP) is 3.49. The van der Waals surface area contributed by atoms with Gasteiger partial charge in [-0.05, 0) is 13.3 Å². The van der Waals surface area contributed by atoms with Crippen molar-refractivity contribution < 1.29 is 16.8 Å². The Bertz CT molecular complexity index is 304. The largest absolute Gasteiger partial charge is 0.401 e. The smallest absolute Gasteiger partial charge is 0.305 e. The first kappa shape index (κ1) is 19.8. The Morgan fingerprint density at radius 1 is 0.900 bits per heavy atom. The van der Waals surface area contributed by atoms with Gasteiger partial charge < -0.3 is 5.73 Å². The van der Waals surface area contributed by atoms with E-state index in [-0.39, 0.29) is 6.61 Å². The normalized spacial score (nSPS) is 13.6. The lowest BCUT2D eigenvalue weighted by molar-refractivity contribution is 0.170. The van der Waals surface area contributed by atoms with Crippen LogP contribution in [0.25, 0.3) is 0 Å². The van der Waals surface area contributed by atoms with Crippen LogP contribution in [0.3, 0.4) is 0 Å². The summed E-state index contributed by atoms with van der Waals surface area (Å²) >= 11 is 0. The minimum atomic E-state index is -3.92. The third-order valence-electron chi connectivity index (χ3n) is 3.00. The van der Waals surface area contributed by atoms with Gasteiger partial charge in [-0.1, -0.05) is 64.7 Å². The van der Waals surface area contributed by atoms with Crippen LogP contribution >= 0.6 is 0 Å². The third-order valence-corrected chi connectivity index (χ3v) is 3.99. The highest BCUT2D eigenvalue weighted by Gasteiger charge is 2.13. The molecule has 0 amide bonds. The molecule has 0 saturated heterocycles. The van der Waals surface area contributed by atoms with Crippen LogP contribution in [0.4, 0.5) is 0 Å². The van der Waals surface area contributed by atoms with E-state index in [1.807, 2.05) is 0 Å². The number of rotatable bonds is 14. The molecule has 0 heterocycles. The SMILES string of the molecule is CCCCCCCCCCCCOS(=O)(=O)OC(C)N. The summed E-state index contributed by atoms with van der Waals surface area (Å²) in [5.74, 6) is 0. The molecule has 1 unspecified atom stereocenters. The van der Waals surface area contributed by atoms with Crippen LogP contribution in [0.1, 0.15) is 78.1 Å². The molecule has 2 N–H and O–H groups in total. The van der Waals surface area contributed by atoms with Crippen molar-refractivity contribution >= 4 is 10.4 Å². The second kappa shape index (κ2) is 12.6. The second-order valence-electron chi connectivity index (χ2n) is 5.21. The van der Waals surface area contributed by atoms with Crippen LogP contribution in [0.5, 0.6) is 0 Å². The van der Waals surface area contributed by atoms with Crippen molar-refractivity contribution in [2.75, 3.05) is 6.61 Å². The maximum Gasteiger partial charge on any atom is 0.401 e. The topological polar surface area (TPSA) is 78.6 Å². The maximum absolute atomic E-state index is 11.2. The highest BCUT2D eigenvalue weighted by Crippen LogP contribution is 2.11. The summed E-state index contributed by atoms with van der Waals surface area (Å²) in [4.78, 5) is 0. The van der Waals surface area contributed by atoms with Gasteiger partial charge in [0.1, 0.15) is 6.23 Å². The van der Waals surface area contributed by atoms with Gasteiger partial charge in [-0.25, -0.2) is 8.37 Å². The van der Waals surface area contributed by atoms with Crippen LogP contribution in [-0.2, 0) is 18.8 Å². The first-order valence-electron chi connectivity index (χ1n) is 7.81. The van der Waals surface area contributed by atoms with Gasteiger partial charge in [-0.2, -0.15) is 8.42 Å². The van der Waals surface area contributed by atoms with E-state index in [0.717, 1.165) is 19.3 Å².